The van der Waals surface area contributed by atoms with Gasteiger partial charge < -0.3 is 10.6 Å². The predicted molar refractivity (Wildman–Crippen MR) is 68.8 cm³/mol. The first-order valence-electron chi connectivity index (χ1n) is 6.57. The molecule has 2 rings (SSSR count). The highest BCUT2D eigenvalue weighted by atomic mass is 19.1. The van der Waals surface area contributed by atoms with Crippen LogP contribution in [0.25, 0.3) is 0 Å². The molecule has 0 saturated heterocycles. The van der Waals surface area contributed by atoms with Crippen LogP contribution in [-0.4, -0.2) is 25.5 Å². The topological polar surface area (TPSA) is 41.1 Å². The van der Waals surface area contributed by atoms with E-state index in [1.807, 2.05) is 6.92 Å². The summed E-state index contributed by atoms with van der Waals surface area (Å²) >= 11 is 0. The monoisotopic (exact) mass is 268 g/mol. The Kier molecular flexibility index (Phi) is 4.47. The van der Waals surface area contributed by atoms with Crippen LogP contribution in [-0.2, 0) is 4.79 Å². The molecule has 0 radical (unpaired) electrons. The Balaban J connectivity index is 1.84. The molecule has 0 heterocycles. The summed E-state index contributed by atoms with van der Waals surface area (Å²) in [6, 6.07) is 3.53. The van der Waals surface area contributed by atoms with Gasteiger partial charge in [0.2, 0.25) is 5.91 Å². The number of carbonyl (C=O) groups excluding carboxylic acids is 1. The van der Waals surface area contributed by atoms with Crippen molar-refractivity contribution in [2.45, 2.75) is 19.3 Å². The summed E-state index contributed by atoms with van der Waals surface area (Å²) in [5, 5.41) is 5.92. The Bertz CT molecular complexity index is 465. The molecule has 1 aliphatic rings. The molecular formula is C14H18F2N2O. The molecule has 0 spiro atoms. The lowest BCUT2D eigenvalue weighted by molar-refractivity contribution is -0.122. The number of hydrogen-bond acceptors (Lipinski definition) is 2. The van der Waals surface area contributed by atoms with E-state index < -0.39 is 11.6 Å². The standard InChI is InChI=1S/C14H18F2N2O/c1-2-17-5-6-18-14(19)12-8-11(12)10-4-3-9(15)7-13(10)16/h3-4,7,11-12,17H,2,5-6,8H2,1H3,(H,18,19). The Hall–Kier alpha value is -1.49. The predicted octanol–water partition coefficient (Wildman–Crippen LogP) is 1.79. The average Bonchev–Trinajstić information content (AvgIpc) is 3.14. The maximum absolute atomic E-state index is 13.5. The summed E-state index contributed by atoms with van der Waals surface area (Å²) in [7, 11) is 0. The maximum atomic E-state index is 13.5. The van der Waals surface area contributed by atoms with E-state index in [1.165, 1.54) is 12.1 Å². The van der Waals surface area contributed by atoms with Crippen molar-refractivity contribution in [3.8, 4) is 0 Å². The number of likely N-dealkylation sites (N-methyl/N-ethyl adjacent to an activating group) is 1. The molecule has 3 nitrogen and oxygen atoms in total. The number of carbonyl (C=O) groups is 1. The fourth-order valence-electron chi connectivity index (χ4n) is 2.21. The van der Waals surface area contributed by atoms with Gasteiger partial charge in [-0.05, 0) is 30.5 Å². The SMILES string of the molecule is CCNCCNC(=O)C1CC1c1ccc(F)cc1F. The van der Waals surface area contributed by atoms with E-state index in [2.05, 4.69) is 10.6 Å². The molecule has 2 atom stereocenters. The molecule has 2 N–H and O–H groups in total. The summed E-state index contributed by atoms with van der Waals surface area (Å²) in [6.45, 7) is 4.16. The third-order valence-electron chi connectivity index (χ3n) is 3.34. The lowest BCUT2D eigenvalue weighted by Crippen LogP contribution is -2.32. The molecule has 104 valence electrons. The minimum Gasteiger partial charge on any atom is -0.355 e. The second-order valence-electron chi connectivity index (χ2n) is 4.76. The highest BCUT2D eigenvalue weighted by molar-refractivity contribution is 5.82. The molecule has 1 aliphatic carbocycles. The van der Waals surface area contributed by atoms with Crippen LogP contribution >= 0.6 is 0 Å². The number of benzene rings is 1. The molecule has 1 aromatic carbocycles. The lowest BCUT2D eigenvalue weighted by atomic mass is 10.1. The van der Waals surface area contributed by atoms with Gasteiger partial charge in [-0.3, -0.25) is 4.79 Å². The number of halogens is 2. The zero-order valence-corrected chi connectivity index (χ0v) is 10.9. The van der Waals surface area contributed by atoms with Crippen molar-refractivity contribution in [1.29, 1.82) is 0 Å². The van der Waals surface area contributed by atoms with Gasteiger partial charge in [-0.1, -0.05) is 13.0 Å². The van der Waals surface area contributed by atoms with E-state index in [0.29, 0.717) is 18.5 Å². The number of rotatable bonds is 6. The summed E-state index contributed by atoms with van der Waals surface area (Å²) < 4.78 is 26.3. The molecule has 1 aromatic rings. The van der Waals surface area contributed by atoms with Gasteiger partial charge in [0, 0.05) is 25.1 Å². The highest BCUT2D eigenvalue weighted by Gasteiger charge is 2.45. The summed E-state index contributed by atoms with van der Waals surface area (Å²) in [4.78, 5) is 11.8. The van der Waals surface area contributed by atoms with Crippen molar-refractivity contribution in [2.75, 3.05) is 19.6 Å². The van der Waals surface area contributed by atoms with Crippen LogP contribution in [0.4, 0.5) is 8.78 Å². The Morgan fingerprint density at radius 2 is 2.16 bits per heavy atom. The third-order valence-corrected chi connectivity index (χ3v) is 3.34. The van der Waals surface area contributed by atoms with Crippen LogP contribution in [0, 0.1) is 17.6 Å². The number of nitrogens with one attached hydrogen (secondary N) is 2. The fourth-order valence-corrected chi connectivity index (χ4v) is 2.21. The van der Waals surface area contributed by atoms with Crippen molar-refractivity contribution in [2.24, 2.45) is 5.92 Å². The van der Waals surface area contributed by atoms with E-state index >= 15 is 0 Å². The minimum absolute atomic E-state index is 0.0494. The highest BCUT2D eigenvalue weighted by Crippen LogP contribution is 2.48. The van der Waals surface area contributed by atoms with Gasteiger partial charge in [-0.2, -0.15) is 0 Å². The quantitative estimate of drug-likeness (QED) is 0.772. The Labute approximate surface area is 111 Å². The first-order chi connectivity index (χ1) is 9.13. The minimum atomic E-state index is -0.589. The first kappa shape index (κ1) is 13.9. The number of hydrogen-bond donors (Lipinski definition) is 2. The molecule has 0 aromatic heterocycles. The van der Waals surface area contributed by atoms with Gasteiger partial charge in [0.25, 0.3) is 0 Å². The van der Waals surface area contributed by atoms with Crippen molar-refractivity contribution >= 4 is 5.91 Å². The summed E-state index contributed by atoms with van der Waals surface area (Å²) in [6.07, 6.45) is 0.635. The normalized spacial score (nSPS) is 21.2. The van der Waals surface area contributed by atoms with Crippen LogP contribution in [0.2, 0.25) is 0 Å². The molecule has 1 saturated carbocycles. The second-order valence-corrected chi connectivity index (χ2v) is 4.76. The molecule has 5 heteroatoms. The van der Waals surface area contributed by atoms with Gasteiger partial charge >= 0.3 is 0 Å². The summed E-state index contributed by atoms with van der Waals surface area (Å²) in [5.74, 6) is -1.49. The van der Waals surface area contributed by atoms with E-state index in [9.17, 15) is 13.6 Å². The maximum Gasteiger partial charge on any atom is 0.223 e. The average molecular weight is 268 g/mol. The summed E-state index contributed by atoms with van der Waals surface area (Å²) in [5.41, 5.74) is 0.438. The Morgan fingerprint density at radius 1 is 1.37 bits per heavy atom. The molecule has 0 aliphatic heterocycles. The van der Waals surface area contributed by atoms with Crippen LogP contribution < -0.4 is 10.6 Å². The van der Waals surface area contributed by atoms with E-state index in [4.69, 9.17) is 0 Å². The first-order valence-corrected chi connectivity index (χ1v) is 6.57. The largest absolute Gasteiger partial charge is 0.355 e. The van der Waals surface area contributed by atoms with Crippen molar-refractivity contribution < 1.29 is 13.6 Å². The van der Waals surface area contributed by atoms with Crippen molar-refractivity contribution in [3.05, 3.63) is 35.4 Å². The third kappa shape index (κ3) is 3.50. The van der Waals surface area contributed by atoms with E-state index in [-0.39, 0.29) is 17.7 Å². The second kappa shape index (κ2) is 6.10. The van der Waals surface area contributed by atoms with Gasteiger partial charge in [-0.15, -0.1) is 0 Å². The van der Waals surface area contributed by atoms with Crippen LogP contribution in [0.1, 0.15) is 24.8 Å². The fraction of sp³-hybridized carbons (Fsp3) is 0.500. The van der Waals surface area contributed by atoms with Gasteiger partial charge in [-0.25, -0.2) is 8.78 Å². The van der Waals surface area contributed by atoms with Crippen LogP contribution in [0.3, 0.4) is 0 Å². The molecular weight excluding hydrogens is 250 g/mol. The molecule has 1 fully saturated rings. The van der Waals surface area contributed by atoms with Gasteiger partial charge in [0.1, 0.15) is 11.6 Å². The smallest absolute Gasteiger partial charge is 0.223 e. The van der Waals surface area contributed by atoms with Gasteiger partial charge in [0.05, 0.1) is 0 Å². The van der Waals surface area contributed by atoms with E-state index in [0.717, 1.165) is 19.2 Å². The molecule has 19 heavy (non-hydrogen) atoms. The van der Waals surface area contributed by atoms with Gasteiger partial charge in [0.15, 0.2) is 0 Å². The zero-order valence-electron chi connectivity index (χ0n) is 10.9. The van der Waals surface area contributed by atoms with Crippen molar-refractivity contribution in [3.63, 3.8) is 0 Å². The molecule has 1 amide bonds. The Morgan fingerprint density at radius 3 is 2.84 bits per heavy atom. The molecule has 0 bridgehead atoms. The zero-order chi connectivity index (χ0) is 13.8. The van der Waals surface area contributed by atoms with Crippen LogP contribution in [0.5, 0.6) is 0 Å². The van der Waals surface area contributed by atoms with Crippen molar-refractivity contribution in [1.82, 2.24) is 10.6 Å². The van der Waals surface area contributed by atoms with E-state index in [1.54, 1.807) is 0 Å². The lowest BCUT2D eigenvalue weighted by Gasteiger charge is -2.06. The molecule has 2 unspecified atom stereocenters. The van der Waals surface area contributed by atoms with Crippen LogP contribution in [0.15, 0.2) is 18.2 Å². The number of amides is 1.